The third kappa shape index (κ3) is 10.4. The van der Waals surface area contributed by atoms with Crippen molar-refractivity contribution in [3.05, 3.63) is 83.7 Å². The average Bonchev–Trinajstić information content (AvgIpc) is 3.34. The summed E-state index contributed by atoms with van der Waals surface area (Å²) in [4.78, 5) is 29.3. The van der Waals surface area contributed by atoms with Crippen LogP contribution in [0.15, 0.2) is 76.5 Å². The van der Waals surface area contributed by atoms with Crippen molar-refractivity contribution in [3.8, 4) is 0 Å². The normalized spacial score (nSPS) is 30.3. The standard InChI is InChI=1S/C34H45NO7/c1-22(17-28-21-40-26(5)35-28)11-9-13-24(3)34(39-6)25(4)31-20-29(36)15-8-7-12-23(2)30-18-27(19-33(38)41-30)14-10-16-32(37)42-31/h7-13,15-17,21,23,25,27,29-31,34,36H,14,18-20H2,1-6H3/b11-9+,12-7+,15-8+,16-10+,22-17+,24-13+/t23-,25+,27-,29-,30-,31+,34+/m1/s1. The van der Waals surface area contributed by atoms with E-state index in [1.807, 2.05) is 64.2 Å². The number of allylic oxidation sites excluding steroid dienone is 7. The molecule has 3 rings (SSSR count). The monoisotopic (exact) mass is 579 g/mol. The fourth-order valence-electron chi connectivity index (χ4n) is 5.39. The number of fused-ring (bicyclic) bond motifs is 2. The zero-order chi connectivity index (χ0) is 30.6. The fourth-order valence-corrected chi connectivity index (χ4v) is 5.39. The Morgan fingerprint density at radius 1 is 1.17 bits per heavy atom. The Morgan fingerprint density at radius 3 is 2.64 bits per heavy atom. The van der Waals surface area contributed by atoms with Crippen molar-refractivity contribution in [3.63, 3.8) is 0 Å². The van der Waals surface area contributed by atoms with E-state index in [1.54, 1.807) is 38.5 Å². The molecule has 0 radical (unpaired) electrons. The second kappa shape index (κ2) is 16.2. The first-order valence-electron chi connectivity index (χ1n) is 14.6. The minimum absolute atomic E-state index is 0.0326. The van der Waals surface area contributed by atoms with Gasteiger partial charge in [0.05, 0.1) is 12.2 Å². The minimum atomic E-state index is -0.839. The number of aryl methyl sites for hydroxylation is 1. The van der Waals surface area contributed by atoms with Gasteiger partial charge in [-0.1, -0.05) is 62.5 Å². The summed E-state index contributed by atoms with van der Waals surface area (Å²) < 4.78 is 22.6. The Labute approximate surface area is 249 Å². The molecule has 1 saturated heterocycles. The number of carbonyl (C=O) groups is 2. The molecule has 2 aliphatic rings. The number of aromatic nitrogens is 1. The predicted molar refractivity (Wildman–Crippen MR) is 162 cm³/mol. The van der Waals surface area contributed by atoms with Crippen molar-refractivity contribution >= 4 is 18.0 Å². The smallest absolute Gasteiger partial charge is 0.330 e. The molecule has 2 bridgehead atoms. The highest BCUT2D eigenvalue weighted by atomic mass is 16.6. The summed E-state index contributed by atoms with van der Waals surface area (Å²) in [6, 6.07) is 0. The van der Waals surface area contributed by atoms with Gasteiger partial charge in [-0.2, -0.15) is 0 Å². The number of hydrogen-bond donors (Lipinski definition) is 1. The fraction of sp³-hybridized carbons (Fsp3) is 0.500. The number of rotatable bonds is 7. The van der Waals surface area contributed by atoms with E-state index in [2.05, 4.69) is 4.98 Å². The molecule has 8 nitrogen and oxygen atoms in total. The van der Waals surface area contributed by atoms with E-state index in [1.165, 1.54) is 6.08 Å². The van der Waals surface area contributed by atoms with E-state index in [9.17, 15) is 14.7 Å². The molecule has 42 heavy (non-hydrogen) atoms. The lowest BCUT2D eigenvalue weighted by Gasteiger charge is -2.31. The Balaban J connectivity index is 1.76. The van der Waals surface area contributed by atoms with Gasteiger partial charge >= 0.3 is 11.9 Å². The Kier molecular flexibility index (Phi) is 12.8. The second-order valence-electron chi connectivity index (χ2n) is 11.3. The lowest BCUT2D eigenvalue weighted by atomic mass is 9.87. The van der Waals surface area contributed by atoms with Crippen LogP contribution in [0.4, 0.5) is 0 Å². The van der Waals surface area contributed by atoms with Crippen LogP contribution in [-0.4, -0.2) is 53.6 Å². The molecule has 228 valence electrons. The third-order valence-corrected chi connectivity index (χ3v) is 7.71. The molecule has 1 aromatic rings. The van der Waals surface area contributed by atoms with Gasteiger partial charge in [0.25, 0.3) is 0 Å². The first-order chi connectivity index (χ1) is 20.0. The molecule has 0 amide bonds. The number of methoxy groups -OCH3 is 1. The Bertz CT molecular complexity index is 1230. The quantitative estimate of drug-likeness (QED) is 0.299. The van der Waals surface area contributed by atoms with Crippen LogP contribution in [0, 0.1) is 24.7 Å². The molecule has 1 fully saturated rings. The van der Waals surface area contributed by atoms with Crippen molar-refractivity contribution in [1.29, 1.82) is 0 Å². The first-order valence-corrected chi connectivity index (χ1v) is 14.6. The van der Waals surface area contributed by atoms with Gasteiger partial charge in [0.1, 0.15) is 24.2 Å². The topological polar surface area (TPSA) is 108 Å². The summed E-state index contributed by atoms with van der Waals surface area (Å²) in [5, 5.41) is 10.8. The summed E-state index contributed by atoms with van der Waals surface area (Å²) in [5.41, 5.74) is 2.72. The summed E-state index contributed by atoms with van der Waals surface area (Å²) in [5.74, 6) is -0.199. The molecule has 8 heteroatoms. The largest absolute Gasteiger partial charge is 0.462 e. The molecule has 0 saturated carbocycles. The van der Waals surface area contributed by atoms with Crippen LogP contribution in [0.2, 0.25) is 0 Å². The summed E-state index contributed by atoms with van der Waals surface area (Å²) >= 11 is 0. The number of cyclic esters (lactones) is 1. The molecule has 1 aromatic heterocycles. The highest BCUT2D eigenvalue weighted by molar-refractivity contribution is 5.82. The number of aliphatic hydroxyl groups excluding tert-OH is 1. The lowest BCUT2D eigenvalue weighted by Crippen LogP contribution is -2.37. The molecule has 0 unspecified atom stereocenters. The summed E-state index contributed by atoms with van der Waals surface area (Å²) in [7, 11) is 1.63. The highest BCUT2D eigenvalue weighted by Gasteiger charge is 2.32. The SMILES string of the molecule is CO[C@@H](/C(C)=C/C=C/C(C)=C/c1coc(C)n1)[C@@H](C)[C@@H]1C[C@H](O)/C=C/C=C/[C@@H](C)[C@H]2C[C@@H](C/C=C/C(=O)O1)CC(=O)O2. The van der Waals surface area contributed by atoms with Gasteiger partial charge < -0.3 is 23.7 Å². The van der Waals surface area contributed by atoms with E-state index in [-0.39, 0.29) is 42.4 Å². The molecular formula is C34H45NO7. The van der Waals surface area contributed by atoms with Crippen LogP contribution < -0.4 is 0 Å². The van der Waals surface area contributed by atoms with E-state index in [0.29, 0.717) is 18.7 Å². The van der Waals surface area contributed by atoms with Crippen LogP contribution in [0.5, 0.6) is 0 Å². The van der Waals surface area contributed by atoms with E-state index in [4.69, 9.17) is 18.6 Å². The van der Waals surface area contributed by atoms with E-state index >= 15 is 0 Å². The molecule has 7 atom stereocenters. The summed E-state index contributed by atoms with van der Waals surface area (Å²) in [6.07, 6.45) is 19.8. The number of ether oxygens (including phenoxy) is 3. The van der Waals surface area contributed by atoms with Gasteiger partial charge in [0.15, 0.2) is 5.89 Å². The van der Waals surface area contributed by atoms with Crippen LogP contribution >= 0.6 is 0 Å². The molecule has 3 heterocycles. The van der Waals surface area contributed by atoms with E-state index in [0.717, 1.165) is 23.3 Å². The highest BCUT2D eigenvalue weighted by Crippen LogP contribution is 2.30. The van der Waals surface area contributed by atoms with Gasteiger partial charge in [-0.25, -0.2) is 9.78 Å². The van der Waals surface area contributed by atoms with Crippen molar-refractivity contribution in [2.24, 2.45) is 17.8 Å². The number of hydrogen-bond acceptors (Lipinski definition) is 8. The van der Waals surface area contributed by atoms with E-state index < -0.39 is 18.2 Å². The lowest BCUT2D eigenvalue weighted by molar-refractivity contribution is -0.158. The average molecular weight is 580 g/mol. The number of oxazole rings is 1. The third-order valence-electron chi connectivity index (χ3n) is 7.71. The number of carbonyl (C=O) groups excluding carboxylic acids is 2. The molecule has 2 aliphatic heterocycles. The minimum Gasteiger partial charge on any atom is -0.462 e. The van der Waals surface area contributed by atoms with Crippen LogP contribution in [0.3, 0.4) is 0 Å². The van der Waals surface area contributed by atoms with Gasteiger partial charge in [0, 0.05) is 44.8 Å². The number of nitrogens with zero attached hydrogens (tertiary/aromatic N) is 1. The van der Waals surface area contributed by atoms with Crippen molar-refractivity contribution in [2.75, 3.05) is 7.11 Å². The Morgan fingerprint density at radius 2 is 1.93 bits per heavy atom. The van der Waals surface area contributed by atoms with Crippen LogP contribution in [0.25, 0.3) is 6.08 Å². The molecule has 0 aliphatic carbocycles. The first kappa shape index (κ1) is 33.0. The maximum absolute atomic E-state index is 12.9. The summed E-state index contributed by atoms with van der Waals surface area (Å²) in [6.45, 7) is 9.73. The molecular weight excluding hydrogens is 534 g/mol. The van der Waals surface area contributed by atoms with Gasteiger partial charge in [-0.15, -0.1) is 0 Å². The van der Waals surface area contributed by atoms with Crippen molar-refractivity contribution < 1.29 is 33.3 Å². The number of aliphatic hydroxyl groups is 1. The second-order valence-corrected chi connectivity index (χ2v) is 11.3. The van der Waals surface area contributed by atoms with Crippen molar-refractivity contribution in [1.82, 2.24) is 4.98 Å². The molecule has 1 N–H and O–H groups in total. The van der Waals surface area contributed by atoms with Crippen LogP contribution in [0.1, 0.15) is 65.0 Å². The van der Waals surface area contributed by atoms with Crippen LogP contribution in [-0.2, 0) is 23.8 Å². The maximum Gasteiger partial charge on any atom is 0.330 e. The Hall–Kier alpha value is -3.49. The number of esters is 2. The van der Waals surface area contributed by atoms with Gasteiger partial charge in [-0.05, 0) is 49.8 Å². The molecule has 0 spiro atoms. The van der Waals surface area contributed by atoms with Gasteiger partial charge in [-0.3, -0.25) is 4.79 Å². The van der Waals surface area contributed by atoms with Crippen molar-refractivity contribution in [2.45, 2.75) is 84.7 Å². The molecule has 0 aromatic carbocycles. The maximum atomic E-state index is 12.9. The zero-order valence-corrected chi connectivity index (χ0v) is 25.6. The van der Waals surface area contributed by atoms with Gasteiger partial charge in [0.2, 0.25) is 0 Å². The predicted octanol–water partition coefficient (Wildman–Crippen LogP) is 6.23. The zero-order valence-electron chi connectivity index (χ0n) is 25.6.